The quantitative estimate of drug-likeness (QED) is 0.152. The van der Waals surface area contributed by atoms with E-state index in [0.717, 1.165) is 18.8 Å². The van der Waals surface area contributed by atoms with Crippen molar-refractivity contribution in [3.63, 3.8) is 0 Å². The van der Waals surface area contributed by atoms with E-state index in [1.807, 2.05) is 71.6 Å². The van der Waals surface area contributed by atoms with Gasteiger partial charge in [-0.1, -0.05) is 78.5 Å². The first-order chi connectivity index (χ1) is 20.1. The van der Waals surface area contributed by atoms with Gasteiger partial charge in [-0.15, -0.1) is 0 Å². The Balaban J connectivity index is 1.29. The summed E-state index contributed by atoms with van der Waals surface area (Å²) in [5, 5.41) is 0.817. The van der Waals surface area contributed by atoms with Gasteiger partial charge >= 0.3 is 0 Å². The first-order valence-corrected chi connectivity index (χ1v) is 14.5. The van der Waals surface area contributed by atoms with E-state index in [1.165, 1.54) is 16.3 Å². The highest BCUT2D eigenvalue weighted by Crippen LogP contribution is 2.24. The Morgan fingerprint density at radius 2 is 1.32 bits per heavy atom. The number of nitrogens with zero attached hydrogens (tertiary/aromatic N) is 4. The van der Waals surface area contributed by atoms with Gasteiger partial charge < -0.3 is 9.80 Å². The fourth-order valence-electron chi connectivity index (χ4n) is 5.03. The fourth-order valence-corrected chi connectivity index (χ4v) is 5.93. The van der Waals surface area contributed by atoms with Gasteiger partial charge in [-0.2, -0.15) is 0 Å². The summed E-state index contributed by atoms with van der Waals surface area (Å²) in [6, 6.07) is 33.6. The minimum atomic E-state index is -0.244. The zero-order valence-electron chi connectivity index (χ0n) is 22.3. The average molecular weight is 561 g/mol. The summed E-state index contributed by atoms with van der Waals surface area (Å²) in [7, 11) is 0. The van der Waals surface area contributed by atoms with E-state index >= 15 is 0 Å². The lowest BCUT2D eigenvalue weighted by molar-refractivity contribution is 0.0746. The van der Waals surface area contributed by atoms with Crippen LogP contribution in [0.1, 0.15) is 20.7 Å². The smallest absolute Gasteiger partial charge is 0.266 e. The molecule has 1 aliphatic heterocycles. The summed E-state index contributed by atoms with van der Waals surface area (Å²) in [5.74, 6) is -0.00992. The highest BCUT2D eigenvalue weighted by atomic mass is 32.2. The van der Waals surface area contributed by atoms with Crippen molar-refractivity contribution in [2.24, 2.45) is 0 Å². The maximum atomic E-state index is 13.7. The number of carbonyl (C=O) groups excluding carboxylic acids is 2. The molecule has 0 unspecified atom stereocenters. The van der Waals surface area contributed by atoms with Crippen molar-refractivity contribution in [1.82, 2.24) is 14.5 Å². The van der Waals surface area contributed by atoms with Crippen molar-refractivity contribution >= 4 is 40.0 Å². The van der Waals surface area contributed by atoms with Crippen molar-refractivity contribution in [3.8, 4) is 5.69 Å². The lowest BCUT2D eigenvalue weighted by Gasteiger charge is -2.36. The molecule has 0 aliphatic carbocycles. The van der Waals surface area contributed by atoms with Crippen LogP contribution >= 0.6 is 11.8 Å². The summed E-state index contributed by atoms with van der Waals surface area (Å²) < 4.78 is 1.54. The molecular weight excluding hydrogens is 532 g/mol. The Morgan fingerprint density at radius 3 is 1.98 bits per heavy atom. The van der Waals surface area contributed by atoms with Crippen LogP contribution in [0.4, 0.5) is 5.69 Å². The molecule has 0 N–H and O–H groups in total. The maximum absolute atomic E-state index is 13.7. The van der Waals surface area contributed by atoms with Crippen LogP contribution < -0.4 is 10.5 Å². The van der Waals surface area contributed by atoms with E-state index in [9.17, 15) is 14.4 Å². The lowest BCUT2D eigenvalue weighted by Crippen LogP contribution is -2.48. The zero-order valence-corrected chi connectivity index (χ0v) is 23.2. The third-order valence-corrected chi connectivity index (χ3v) is 8.15. The van der Waals surface area contributed by atoms with Crippen LogP contribution in [0.3, 0.4) is 0 Å². The molecule has 1 saturated heterocycles. The number of thioether (sulfide) groups is 1. The second-order valence-corrected chi connectivity index (χ2v) is 10.7. The molecule has 0 bridgehead atoms. The largest absolute Gasteiger partial charge is 0.368 e. The van der Waals surface area contributed by atoms with Gasteiger partial charge in [0.25, 0.3) is 11.5 Å². The van der Waals surface area contributed by atoms with Crippen LogP contribution in [0.15, 0.2) is 119 Å². The predicted molar refractivity (Wildman–Crippen MR) is 163 cm³/mol. The van der Waals surface area contributed by atoms with Gasteiger partial charge in [-0.05, 0) is 42.5 Å². The van der Waals surface area contributed by atoms with E-state index in [4.69, 9.17) is 4.98 Å². The Kier molecular flexibility index (Phi) is 7.65. The Morgan fingerprint density at radius 1 is 0.707 bits per heavy atom. The summed E-state index contributed by atoms with van der Waals surface area (Å²) >= 11 is 1.22. The van der Waals surface area contributed by atoms with Gasteiger partial charge in [0.2, 0.25) is 0 Å². The van der Waals surface area contributed by atoms with Gasteiger partial charge in [0.15, 0.2) is 10.9 Å². The SMILES string of the molecule is O=C(CSc1nc2cc(C(=O)N3CCN(c4ccccc4)CC3)ccc2c(=O)n1-c1ccccc1)c1ccccc1. The molecule has 7 nitrogen and oxygen atoms in total. The minimum Gasteiger partial charge on any atom is -0.368 e. The number of para-hydroxylation sites is 2. The number of piperazine rings is 1. The molecule has 6 rings (SSSR count). The number of carbonyl (C=O) groups is 2. The Labute approximate surface area is 242 Å². The number of benzene rings is 4. The summed E-state index contributed by atoms with van der Waals surface area (Å²) in [6.45, 7) is 2.72. The summed E-state index contributed by atoms with van der Waals surface area (Å²) in [4.78, 5) is 49.0. The Bertz CT molecular complexity index is 1750. The number of fused-ring (bicyclic) bond motifs is 1. The Hall–Kier alpha value is -4.69. The maximum Gasteiger partial charge on any atom is 0.266 e. The van der Waals surface area contributed by atoms with Gasteiger partial charge in [0, 0.05) is 43.0 Å². The third-order valence-electron chi connectivity index (χ3n) is 7.22. The van der Waals surface area contributed by atoms with Crippen molar-refractivity contribution < 1.29 is 9.59 Å². The standard InChI is InChI=1S/C33H28N4O3S/c38-30(24-10-4-1-5-11-24)23-41-33-34-29-22-25(16-17-28(29)32(40)37(33)27-14-8-3-9-15-27)31(39)36-20-18-35(19-21-36)26-12-6-2-7-13-26/h1-17,22H,18-21,23H2. The number of Topliss-reactive ketones (excluding diaryl/α,β-unsaturated/α-hetero) is 1. The van der Waals surface area contributed by atoms with E-state index in [1.54, 1.807) is 30.3 Å². The molecule has 4 aromatic carbocycles. The third kappa shape index (κ3) is 5.64. The van der Waals surface area contributed by atoms with Crippen LogP contribution in [0, 0.1) is 0 Å². The number of aromatic nitrogens is 2. The molecule has 1 aromatic heterocycles. The lowest BCUT2D eigenvalue weighted by atomic mass is 10.1. The van der Waals surface area contributed by atoms with E-state index in [-0.39, 0.29) is 23.0 Å². The number of hydrogen-bond donors (Lipinski definition) is 0. The molecule has 0 saturated carbocycles. The summed E-state index contributed by atoms with van der Waals surface area (Å²) in [5.41, 5.74) is 3.11. The molecule has 1 amide bonds. The highest BCUT2D eigenvalue weighted by molar-refractivity contribution is 7.99. The topological polar surface area (TPSA) is 75.5 Å². The van der Waals surface area contributed by atoms with Crippen molar-refractivity contribution in [3.05, 3.63) is 131 Å². The second-order valence-electron chi connectivity index (χ2n) is 9.80. The van der Waals surface area contributed by atoms with Crippen molar-refractivity contribution in [2.75, 3.05) is 36.8 Å². The molecular formula is C33H28N4O3S. The van der Waals surface area contributed by atoms with E-state index in [0.29, 0.717) is 46.0 Å². The van der Waals surface area contributed by atoms with Crippen LogP contribution in [0.25, 0.3) is 16.6 Å². The average Bonchev–Trinajstić information content (AvgIpc) is 3.04. The number of amides is 1. The van der Waals surface area contributed by atoms with Crippen molar-refractivity contribution in [1.29, 1.82) is 0 Å². The number of anilines is 1. The van der Waals surface area contributed by atoms with Crippen molar-refractivity contribution in [2.45, 2.75) is 5.16 Å². The first kappa shape index (κ1) is 26.5. The number of ketones is 1. The molecule has 0 radical (unpaired) electrons. The molecule has 8 heteroatoms. The highest BCUT2D eigenvalue weighted by Gasteiger charge is 2.23. The van der Waals surface area contributed by atoms with E-state index < -0.39 is 0 Å². The fraction of sp³-hybridized carbons (Fsp3) is 0.152. The zero-order chi connectivity index (χ0) is 28.2. The monoisotopic (exact) mass is 560 g/mol. The molecule has 2 heterocycles. The van der Waals surface area contributed by atoms with E-state index in [2.05, 4.69) is 17.0 Å². The number of hydrogen-bond acceptors (Lipinski definition) is 6. The molecule has 0 atom stereocenters. The minimum absolute atomic E-state index is 0.0527. The number of rotatable bonds is 7. The molecule has 41 heavy (non-hydrogen) atoms. The predicted octanol–water partition coefficient (Wildman–Crippen LogP) is 5.32. The van der Waals surface area contributed by atoms with Crippen LogP contribution in [0.2, 0.25) is 0 Å². The second kappa shape index (κ2) is 11.8. The van der Waals surface area contributed by atoms with Gasteiger partial charge in [-0.3, -0.25) is 19.0 Å². The van der Waals surface area contributed by atoms with Crippen LogP contribution in [-0.2, 0) is 0 Å². The first-order valence-electron chi connectivity index (χ1n) is 13.5. The molecule has 204 valence electrons. The van der Waals surface area contributed by atoms with Gasteiger partial charge in [-0.25, -0.2) is 4.98 Å². The molecule has 5 aromatic rings. The van der Waals surface area contributed by atoms with Gasteiger partial charge in [0.1, 0.15) is 0 Å². The summed E-state index contributed by atoms with van der Waals surface area (Å²) in [6.07, 6.45) is 0. The van der Waals surface area contributed by atoms with Crippen LogP contribution in [0.5, 0.6) is 0 Å². The molecule has 1 fully saturated rings. The van der Waals surface area contributed by atoms with Gasteiger partial charge in [0.05, 0.1) is 22.3 Å². The van der Waals surface area contributed by atoms with Crippen LogP contribution in [-0.4, -0.2) is 58.1 Å². The normalized spacial score (nSPS) is 13.4. The molecule has 0 spiro atoms. The molecule has 1 aliphatic rings.